The molecule has 4 N–H and O–H groups in total. The molecule has 3 rings (SSSR count). The van der Waals surface area contributed by atoms with Crippen LogP contribution in [0.2, 0.25) is 0 Å². The van der Waals surface area contributed by atoms with E-state index in [0.717, 1.165) is 10.4 Å². The molecule has 9 heteroatoms. The Balaban J connectivity index is 1.88. The third kappa shape index (κ3) is 6.17. The van der Waals surface area contributed by atoms with Gasteiger partial charge in [-0.15, -0.1) is 11.3 Å². The first-order chi connectivity index (χ1) is 14.6. The van der Waals surface area contributed by atoms with Gasteiger partial charge in [-0.25, -0.2) is 4.79 Å². The van der Waals surface area contributed by atoms with Gasteiger partial charge in [-0.05, 0) is 67.5 Å². The number of hydrogen-bond acceptors (Lipinski definition) is 6. The van der Waals surface area contributed by atoms with Crippen LogP contribution in [0.25, 0.3) is 10.4 Å². The van der Waals surface area contributed by atoms with Crippen LogP contribution in [-0.4, -0.2) is 34.8 Å². The highest BCUT2D eigenvalue weighted by Crippen LogP contribution is 2.32. The molecule has 0 aliphatic rings. The fourth-order valence-corrected chi connectivity index (χ4v) is 3.49. The summed E-state index contributed by atoms with van der Waals surface area (Å²) in [5.41, 5.74) is 1.64. The highest BCUT2D eigenvalue weighted by atomic mass is 32.1. The zero-order valence-electron chi connectivity index (χ0n) is 17.4. The molecule has 2 aromatic carbocycles. The van der Waals surface area contributed by atoms with Crippen LogP contribution in [0.4, 0.5) is 16.2 Å². The summed E-state index contributed by atoms with van der Waals surface area (Å²) in [5.74, 6) is -0.408. The van der Waals surface area contributed by atoms with Gasteiger partial charge in [-0.2, -0.15) is 0 Å². The lowest BCUT2D eigenvalue weighted by molar-refractivity contribution is 0.0635. The van der Waals surface area contributed by atoms with Crippen LogP contribution in [0.5, 0.6) is 0 Å². The predicted molar refractivity (Wildman–Crippen MR) is 124 cm³/mol. The molecule has 0 unspecified atom stereocenters. The topological polar surface area (TPSA) is 108 Å². The highest BCUT2D eigenvalue weighted by molar-refractivity contribution is 7.13. The van der Waals surface area contributed by atoms with Crippen LogP contribution in [0, 0.1) is 0 Å². The zero-order chi connectivity index (χ0) is 22.6. The maximum Gasteiger partial charge on any atom is 0.488 e. The van der Waals surface area contributed by atoms with E-state index in [1.807, 2.05) is 23.6 Å². The third-order valence-electron chi connectivity index (χ3n) is 4.18. The zero-order valence-corrected chi connectivity index (χ0v) is 18.2. The number of anilines is 2. The van der Waals surface area contributed by atoms with Crippen molar-refractivity contribution in [3.05, 3.63) is 65.5 Å². The molecule has 2 amide bonds. The van der Waals surface area contributed by atoms with Gasteiger partial charge in [-0.3, -0.25) is 10.1 Å². The molecule has 0 aliphatic heterocycles. The SMILES string of the molecule is CC(C)(C)OC(=O)Nc1ccc(-c2cccs2)cc1NC(=O)c1ccc(B(O)O)cc1. The molecule has 0 radical (unpaired) electrons. The molecule has 0 atom stereocenters. The van der Waals surface area contributed by atoms with Gasteiger partial charge in [0.05, 0.1) is 11.4 Å². The van der Waals surface area contributed by atoms with E-state index in [0.29, 0.717) is 16.9 Å². The van der Waals surface area contributed by atoms with Crippen molar-refractivity contribution in [2.45, 2.75) is 26.4 Å². The van der Waals surface area contributed by atoms with Crippen molar-refractivity contribution in [1.29, 1.82) is 0 Å². The second-order valence-electron chi connectivity index (χ2n) is 7.81. The number of nitrogens with one attached hydrogen (secondary N) is 2. The second-order valence-corrected chi connectivity index (χ2v) is 8.76. The summed E-state index contributed by atoms with van der Waals surface area (Å²) < 4.78 is 5.32. The minimum Gasteiger partial charge on any atom is -0.444 e. The third-order valence-corrected chi connectivity index (χ3v) is 5.10. The lowest BCUT2D eigenvalue weighted by Gasteiger charge is -2.21. The smallest absolute Gasteiger partial charge is 0.444 e. The Morgan fingerprint density at radius 1 is 0.968 bits per heavy atom. The van der Waals surface area contributed by atoms with E-state index in [2.05, 4.69) is 10.6 Å². The number of benzene rings is 2. The van der Waals surface area contributed by atoms with Crippen LogP contribution in [0.3, 0.4) is 0 Å². The lowest BCUT2D eigenvalue weighted by atomic mass is 9.80. The van der Waals surface area contributed by atoms with Crippen LogP contribution < -0.4 is 16.1 Å². The molecule has 1 heterocycles. The van der Waals surface area contributed by atoms with E-state index in [1.54, 1.807) is 44.2 Å². The minimum absolute atomic E-state index is 0.281. The Morgan fingerprint density at radius 3 is 2.26 bits per heavy atom. The molecular formula is C22H23BN2O5S. The Bertz CT molecular complexity index is 1060. The molecular weight excluding hydrogens is 415 g/mol. The first-order valence-corrected chi connectivity index (χ1v) is 10.5. The fourth-order valence-electron chi connectivity index (χ4n) is 2.77. The van der Waals surface area contributed by atoms with Gasteiger partial charge in [0.1, 0.15) is 5.60 Å². The molecule has 0 saturated heterocycles. The average molecular weight is 438 g/mol. The quantitative estimate of drug-likeness (QED) is 0.455. The Labute approximate surface area is 184 Å². The van der Waals surface area contributed by atoms with Crippen molar-refractivity contribution < 1.29 is 24.4 Å². The Kier molecular flexibility index (Phi) is 6.79. The fraction of sp³-hybridized carbons (Fsp3) is 0.182. The van der Waals surface area contributed by atoms with Crippen molar-refractivity contribution in [2.75, 3.05) is 10.6 Å². The van der Waals surface area contributed by atoms with Gasteiger partial charge in [0.2, 0.25) is 0 Å². The lowest BCUT2D eigenvalue weighted by Crippen LogP contribution is -2.29. The van der Waals surface area contributed by atoms with Gasteiger partial charge in [-0.1, -0.05) is 24.3 Å². The number of carbonyl (C=O) groups is 2. The van der Waals surface area contributed by atoms with Gasteiger partial charge in [0.15, 0.2) is 0 Å². The van der Waals surface area contributed by atoms with Gasteiger partial charge < -0.3 is 20.1 Å². The summed E-state index contributed by atoms with van der Waals surface area (Å²) in [6, 6.07) is 15.1. The largest absolute Gasteiger partial charge is 0.488 e. The normalized spacial score (nSPS) is 11.0. The van der Waals surface area contributed by atoms with E-state index >= 15 is 0 Å². The van der Waals surface area contributed by atoms with E-state index in [-0.39, 0.29) is 5.46 Å². The monoisotopic (exact) mass is 438 g/mol. The summed E-state index contributed by atoms with van der Waals surface area (Å²) in [6.45, 7) is 5.30. The summed E-state index contributed by atoms with van der Waals surface area (Å²) >= 11 is 1.56. The van der Waals surface area contributed by atoms with Gasteiger partial charge in [0, 0.05) is 10.4 Å². The van der Waals surface area contributed by atoms with Crippen LogP contribution in [0.1, 0.15) is 31.1 Å². The molecule has 0 fully saturated rings. The molecule has 160 valence electrons. The highest BCUT2D eigenvalue weighted by Gasteiger charge is 2.19. The van der Waals surface area contributed by atoms with Crippen molar-refractivity contribution in [3.8, 4) is 10.4 Å². The van der Waals surface area contributed by atoms with Crippen molar-refractivity contribution >= 4 is 47.3 Å². The molecule has 0 spiro atoms. The molecule has 31 heavy (non-hydrogen) atoms. The summed E-state index contributed by atoms with van der Waals surface area (Å²) in [5, 5.41) is 25.9. The Hall–Kier alpha value is -3.14. The first-order valence-electron chi connectivity index (χ1n) is 9.58. The van der Waals surface area contributed by atoms with Crippen LogP contribution in [-0.2, 0) is 4.74 Å². The Morgan fingerprint density at radius 2 is 1.68 bits per heavy atom. The van der Waals surface area contributed by atoms with Gasteiger partial charge >= 0.3 is 13.2 Å². The van der Waals surface area contributed by atoms with Crippen LogP contribution in [0.15, 0.2) is 60.0 Å². The molecule has 0 bridgehead atoms. The average Bonchev–Trinajstić information content (AvgIpc) is 3.22. The summed E-state index contributed by atoms with van der Waals surface area (Å²) in [4.78, 5) is 26.1. The molecule has 0 saturated carbocycles. The molecule has 7 nitrogen and oxygen atoms in total. The van der Waals surface area contributed by atoms with E-state index in [1.165, 1.54) is 24.3 Å². The van der Waals surface area contributed by atoms with Crippen LogP contribution >= 0.6 is 11.3 Å². The summed E-state index contributed by atoms with van der Waals surface area (Å²) in [7, 11) is -1.61. The second kappa shape index (κ2) is 9.34. The van der Waals surface area contributed by atoms with Crippen molar-refractivity contribution in [2.24, 2.45) is 0 Å². The number of ether oxygens (including phenoxy) is 1. The van der Waals surface area contributed by atoms with Crippen molar-refractivity contribution in [1.82, 2.24) is 0 Å². The molecule has 0 aliphatic carbocycles. The minimum atomic E-state index is -1.61. The maximum atomic E-state index is 12.8. The van der Waals surface area contributed by atoms with E-state index in [4.69, 9.17) is 4.74 Å². The number of rotatable bonds is 5. The standard InChI is InChI=1S/C22H23BN2O5S/c1-22(2,3)30-21(27)25-17-11-8-15(19-5-4-12-31-19)13-18(17)24-20(26)14-6-9-16(10-7-14)23(28)29/h4-13,28-29H,1-3H3,(H,24,26)(H,25,27). The van der Waals surface area contributed by atoms with E-state index in [9.17, 15) is 19.6 Å². The molecule has 1 aromatic heterocycles. The predicted octanol–water partition coefficient (Wildman–Crippen LogP) is 3.69. The number of carbonyl (C=O) groups excluding carboxylic acids is 2. The number of thiophene rings is 1. The number of amides is 2. The maximum absolute atomic E-state index is 12.8. The van der Waals surface area contributed by atoms with Gasteiger partial charge in [0.25, 0.3) is 5.91 Å². The molecule has 3 aromatic rings. The number of hydrogen-bond donors (Lipinski definition) is 4. The van der Waals surface area contributed by atoms with E-state index < -0.39 is 24.7 Å². The van der Waals surface area contributed by atoms with Crippen molar-refractivity contribution in [3.63, 3.8) is 0 Å². The first kappa shape index (κ1) is 22.5. The summed E-state index contributed by atoms with van der Waals surface area (Å²) in [6.07, 6.45) is -0.631.